The van der Waals surface area contributed by atoms with E-state index in [4.69, 9.17) is 11.6 Å². The zero-order valence-corrected chi connectivity index (χ0v) is 9.49. The highest BCUT2D eigenvalue weighted by Gasteiger charge is 1.91. The maximum Gasteiger partial charge on any atom is 0.223 e. The lowest BCUT2D eigenvalue weighted by Crippen LogP contribution is -1.85. The molecule has 0 spiro atoms. The molecular weight excluding hydrogens is 220 g/mol. The lowest BCUT2D eigenvalue weighted by Gasteiger charge is -1.92. The average molecular weight is 229 g/mol. The van der Waals surface area contributed by atoms with Gasteiger partial charge in [0.2, 0.25) is 5.28 Å². The van der Waals surface area contributed by atoms with Crippen LogP contribution in [0.5, 0.6) is 0 Å². The summed E-state index contributed by atoms with van der Waals surface area (Å²) in [5.74, 6) is 5.95. The van der Waals surface area contributed by atoms with Crippen LogP contribution in [0.1, 0.15) is 16.8 Å². The molecule has 0 saturated heterocycles. The molecule has 1 heterocycles. The molecule has 2 nitrogen and oxygen atoms in total. The first-order chi connectivity index (χ1) is 7.74. The van der Waals surface area contributed by atoms with E-state index < -0.39 is 0 Å². The Morgan fingerprint density at radius 1 is 1.06 bits per heavy atom. The fourth-order valence-corrected chi connectivity index (χ4v) is 1.33. The molecule has 0 aliphatic carbocycles. The van der Waals surface area contributed by atoms with Crippen LogP contribution in [0.2, 0.25) is 5.28 Å². The van der Waals surface area contributed by atoms with Crippen molar-refractivity contribution in [1.82, 2.24) is 9.97 Å². The summed E-state index contributed by atoms with van der Waals surface area (Å²) < 4.78 is 0. The van der Waals surface area contributed by atoms with Crippen LogP contribution < -0.4 is 0 Å². The first-order valence-corrected chi connectivity index (χ1v) is 5.19. The predicted octanol–water partition coefficient (Wildman–Crippen LogP) is 2.84. The largest absolute Gasteiger partial charge is 0.226 e. The highest BCUT2D eigenvalue weighted by atomic mass is 35.5. The molecule has 0 fully saturated rings. The summed E-state index contributed by atoms with van der Waals surface area (Å²) in [5, 5.41) is 0.218. The van der Waals surface area contributed by atoms with Gasteiger partial charge in [0.05, 0.1) is 0 Å². The molecule has 0 atom stereocenters. The van der Waals surface area contributed by atoms with Gasteiger partial charge in [-0.3, -0.25) is 0 Å². The molecule has 0 aliphatic heterocycles. The third kappa shape index (κ3) is 2.82. The topological polar surface area (TPSA) is 25.8 Å². The minimum atomic E-state index is 0.218. The van der Waals surface area contributed by atoms with E-state index in [0.29, 0.717) is 5.69 Å². The summed E-state index contributed by atoms with van der Waals surface area (Å²) in [6.07, 6.45) is 1.59. The van der Waals surface area contributed by atoms with Gasteiger partial charge in [-0.2, -0.15) is 0 Å². The fourth-order valence-electron chi connectivity index (χ4n) is 1.18. The third-order valence-electron chi connectivity index (χ3n) is 2.01. The van der Waals surface area contributed by atoms with Gasteiger partial charge in [-0.1, -0.05) is 23.6 Å². The molecule has 0 saturated carbocycles. The summed E-state index contributed by atoms with van der Waals surface area (Å²) in [4.78, 5) is 7.78. The molecule has 0 amide bonds. The van der Waals surface area contributed by atoms with E-state index in [2.05, 4.69) is 21.8 Å². The molecule has 1 aromatic carbocycles. The van der Waals surface area contributed by atoms with Gasteiger partial charge in [0.1, 0.15) is 5.69 Å². The Labute approximate surface area is 99.3 Å². The number of benzene rings is 1. The molecule has 0 unspecified atom stereocenters. The highest BCUT2D eigenvalue weighted by Crippen LogP contribution is 2.02. The first-order valence-electron chi connectivity index (χ1n) is 4.81. The number of nitrogens with zero attached hydrogens (tertiary/aromatic N) is 2. The van der Waals surface area contributed by atoms with E-state index in [1.165, 1.54) is 5.56 Å². The number of hydrogen-bond donors (Lipinski definition) is 0. The summed E-state index contributed by atoms with van der Waals surface area (Å²) in [7, 11) is 0. The number of hydrogen-bond acceptors (Lipinski definition) is 2. The van der Waals surface area contributed by atoms with Crippen molar-refractivity contribution in [3.63, 3.8) is 0 Å². The van der Waals surface area contributed by atoms with Crippen molar-refractivity contribution in [2.24, 2.45) is 0 Å². The van der Waals surface area contributed by atoms with Gasteiger partial charge in [-0.25, -0.2) is 9.97 Å². The maximum absolute atomic E-state index is 5.66. The molecular formula is C13H9ClN2. The summed E-state index contributed by atoms with van der Waals surface area (Å²) >= 11 is 5.66. The van der Waals surface area contributed by atoms with Crippen LogP contribution in [-0.2, 0) is 0 Å². The van der Waals surface area contributed by atoms with E-state index in [1.54, 1.807) is 12.3 Å². The molecule has 0 N–H and O–H groups in total. The van der Waals surface area contributed by atoms with E-state index in [-0.39, 0.29) is 5.28 Å². The van der Waals surface area contributed by atoms with Crippen molar-refractivity contribution in [2.75, 3.05) is 0 Å². The number of aromatic nitrogens is 2. The van der Waals surface area contributed by atoms with Gasteiger partial charge >= 0.3 is 0 Å². The van der Waals surface area contributed by atoms with Crippen LogP contribution >= 0.6 is 11.6 Å². The minimum absolute atomic E-state index is 0.218. The molecule has 2 aromatic rings. The Kier molecular flexibility index (Phi) is 3.19. The van der Waals surface area contributed by atoms with Crippen molar-refractivity contribution in [2.45, 2.75) is 6.92 Å². The molecule has 3 heteroatoms. The normalized spacial score (nSPS) is 9.38. The zero-order chi connectivity index (χ0) is 11.4. The predicted molar refractivity (Wildman–Crippen MR) is 64.2 cm³/mol. The molecule has 0 bridgehead atoms. The lowest BCUT2D eigenvalue weighted by molar-refractivity contribution is 1.15. The van der Waals surface area contributed by atoms with Crippen LogP contribution in [0.3, 0.4) is 0 Å². The van der Waals surface area contributed by atoms with Crippen molar-refractivity contribution < 1.29 is 0 Å². The zero-order valence-electron chi connectivity index (χ0n) is 8.74. The van der Waals surface area contributed by atoms with E-state index in [0.717, 1.165) is 5.56 Å². The Hall–Kier alpha value is -1.85. The van der Waals surface area contributed by atoms with Crippen LogP contribution in [0.25, 0.3) is 0 Å². The van der Waals surface area contributed by atoms with Gasteiger partial charge in [0, 0.05) is 11.8 Å². The van der Waals surface area contributed by atoms with Gasteiger partial charge in [0.15, 0.2) is 0 Å². The summed E-state index contributed by atoms with van der Waals surface area (Å²) in [6.45, 7) is 2.04. The van der Waals surface area contributed by atoms with Crippen LogP contribution in [0.4, 0.5) is 0 Å². The summed E-state index contributed by atoms with van der Waals surface area (Å²) in [5.41, 5.74) is 2.80. The second kappa shape index (κ2) is 4.78. The SMILES string of the molecule is Cc1ccc(C#Cc2ccnc(Cl)n2)cc1. The van der Waals surface area contributed by atoms with Gasteiger partial charge < -0.3 is 0 Å². The third-order valence-corrected chi connectivity index (χ3v) is 2.19. The quantitative estimate of drug-likeness (QED) is 0.512. The van der Waals surface area contributed by atoms with E-state index >= 15 is 0 Å². The maximum atomic E-state index is 5.66. The Morgan fingerprint density at radius 3 is 2.50 bits per heavy atom. The first kappa shape index (κ1) is 10.7. The Balaban J connectivity index is 2.25. The van der Waals surface area contributed by atoms with Crippen molar-refractivity contribution in [3.8, 4) is 11.8 Å². The number of halogens is 1. The van der Waals surface area contributed by atoms with Crippen LogP contribution in [0, 0.1) is 18.8 Å². The van der Waals surface area contributed by atoms with E-state index in [9.17, 15) is 0 Å². The molecule has 2 rings (SSSR count). The second-order valence-corrected chi connectivity index (χ2v) is 3.66. The van der Waals surface area contributed by atoms with Gasteiger partial charge in [-0.15, -0.1) is 0 Å². The second-order valence-electron chi connectivity index (χ2n) is 3.33. The standard InChI is InChI=1S/C13H9ClN2/c1-10-2-4-11(5-3-10)6-7-12-8-9-15-13(14)16-12/h2-5,8-9H,1H3. The Morgan fingerprint density at radius 2 is 1.81 bits per heavy atom. The van der Waals surface area contributed by atoms with Crippen LogP contribution in [-0.4, -0.2) is 9.97 Å². The fraction of sp³-hybridized carbons (Fsp3) is 0.0769. The smallest absolute Gasteiger partial charge is 0.223 e. The van der Waals surface area contributed by atoms with Crippen LogP contribution in [0.15, 0.2) is 36.5 Å². The van der Waals surface area contributed by atoms with Crippen molar-refractivity contribution in [3.05, 3.63) is 58.6 Å². The van der Waals surface area contributed by atoms with Crippen molar-refractivity contribution in [1.29, 1.82) is 0 Å². The summed E-state index contributed by atoms with van der Waals surface area (Å²) in [6, 6.07) is 9.73. The Bertz CT molecular complexity index is 550. The van der Waals surface area contributed by atoms with E-state index in [1.807, 2.05) is 31.2 Å². The highest BCUT2D eigenvalue weighted by molar-refractivity contribution is 6.28. The monoisotopic (exact) mass is 228 g/mol. The minimum Gasteiger partial charge on any atom is -0.226 e. The van der Waals surface area contributed by atoms with Gasteiger partial charge in [-0.05, 0) is 42.6 Å². The number of aryl methyl sites for hydroxylation is 1. The lowest BCUT2D eigenvalue weighted by atomic mass is 10.1. The molecule has 0 radical (unpaired) electrons. The molecule has 0 aliphatic rings. The average Bonchev–Trinajstić information content (AvgIpc) is 2.28. The van der Waals surface area contributed by atoms with Gasteiger partial charge in [0.25, 0.3) is 0 Å². The number of rotatable bonds is 0. The van der Waals surface area contributed by atoms with Crippen molar-refractivity contribution >= 4 is 11.6 Å². The molecule has 78 valence electrons. The molecule has 1 aromatic heterocycles. The molecule has 16 heavy (non-hydrogen) atoms.